The van der Waals surface area contributed by atoms with Crippen molar-refractivity contribution >= 4 is 11.4 Å². The Morgan fingerprint density at radius 1 is 0.588 bits per heavy atom. The summed E-state index contributed by atoms with van der Waals surface area (Å²) in [5, 5.41) is 0. The van der Waals surface area contributed by atoms with E-state index in [0.29, 0.717) is 10.8 Å². The average molecular weight is 450 g/mol. The van der Waals surface area contributed by atoms with E-state index < -0.39 is 0 Å². The van der Waals surface area contributed by atoms with Gasteiger partial charge in [-0.05, 0) is 84.7 Å². The zero-order valence-electron chi connectivity index (χ0n) is 21.4. The van der Waals surface area contributed by atoms with Gasteiger partial charge in [0, 0.05) is 16.8 Å². The van der Waals surface area contributed by atoms with E-state index in [2.05, 4.69) is 111 Å². The normalized spacial score (nSPS) is 34.6. The predicted octanol–water partition coefficient (Wildman–Crippen LogP) is 8.73. The van der Waals surface area contributed by atoms with Crippen LogP contribution >= 0.6 is 0 Å². The third-order valence-corrected chi connectivity index (χ3v) is 10.7. The molecule has 3 aliphatic carbocycles. The summed E-state index contributed by atoms with van der Waals surface area (Å²) in [5.74, 6) is 0. The largest absolute Gasteiger partial charge is 0.334 e. The van der Waals surface area contributed by atoms with Gasteiger partial charge < -0.3 is 4.90 Å². The lowest BCUT2D eigenvalue weighted by Crippen LogP contribution is -2.48. The molecule has 1 nitrogen and oxygen atoms in total. The molecule has 4 aliphatic rings. The number of anilines is 2. The fourth-order valence-corrected chi connectivity index (χ4v) is 8.30. The molecule has 0 aromatic heterocycles. The van der Waals surface area contributed by atoms with Gasteiger partial charge in [-0.1, -0.05) is 94.3 Å². The summed E-state index contributed by atoms with van der Waals surface area (Å²) in [7, 11) is 0. The molecule has 0 spiro atoms. The molecule has 176 valence electrons. The van der Waals surface area contributed by atoms with Crippen LogP contribution in [0.2, 0.25) is 0 Å². The Hall–Kier alpha value is -2.54. The molecule has 4 unspecified atom stereocenters. The molecule has 0 amide bonds. The first-order valence-corrected chi connectivity index (χ1v) is 13.4. The van der Waals surface area contributed by atoms with Gasteiger partial charge >= 0.3 is 0 Å². The number of benzene rings is 3. The maximum absolute atomic E-state index is 2.59. The highest BCUT2D eigenvalue weighted by Crippen LogP contribution is 2.62. The van der Waals surface area contributed by atoms with Crippen molar-refractivity contribution < 1.29 is 0 Å². The summed E-state index contributed by atoms with van der Waals surface area (Å²) in [6, 6.07) is 28.9. The first-order valence-electron chi connectivity index (χ1n) is 13.4. The number of fused-ring (bicyclic) bond motifs is 6. The van der Waals surface area contributed by atoms with Crippen molar-refractivity contribution in [3.05, 3.63) is 95.6 Å². The molecule has 7 rings (SSSR count). The molecule has 34 heavy (non-hydrogen) atoms. The van der Waals surface area contributed by atoms with Crippen LogP contribution in [-0.4, -0.2) is 5.54 Å². The van der Waals surface area contributed by atoms with E-state index >= 15 is 0 Å². The van der Waals surface area contributed by atoms with Crippen LogP contribution in [0.25, 0.3) is 0 Å². The molecule has 0 radical (unpaired) electrons. The van der Waals surface area contributed by atoms with Gasteiger partial charge in [-0.3, -0.25) is 0 Å². The van der Waals surface area contributed by atoms with E-state index in [0.717, 1.165) is 0 Å². The zero-order valence-corrected chi connectivity index (χ0v) is 21.4. The Kier molecular flexibility index (Phi) is 4.83. The summed E-state index contributed by atoms with van der Waals surface area (Å²) in [6.07, 6.45) is 9.42. The number of para-hydroxylation sites is 2. The quantitative estimate of drug-likeness (QED) is 0.359. The number of hydrogen-bond acceptors (Lipinski definition) is 1. The summed E-state index contributed by atoms with van der Waals surface area (Å²) < 4.78 is 0. The summed E-state index contributed by atoms with van der Waals surface area (Å²) in [6.45, 7) is 9.88. The number of hydrogen-bond donors (Lipinski definition) is 0. The Morgan fingerprint density at radius 2 is 1.21 bits per heavy atom. The van der Waals surface area contributed by atoms with Gasteiger partial charge in [-0.2, -0.15) is 0 Å². The van der Waals surface area contributed by atoms with E-state index in [4.69, 9.17) is 0 Å². The standard InChI is InChI=1S/C19H21N.C14H18/c1-18-13-8-14-19(18,2)20(15-9-4-3-5-10-15)17-12-7-6-11-16(17)18;1-13-8-5-9-14(13,2)12-7-4-3-6-11(12)10-13/h3-7,9-12H,8,13-14H2,1-2H3;3-4,6-7H,5,8-10H2,1-2H3. The molecule has 4 atom stereocenters. The van der Waals surface area contributed by atoms with E-state index in [1.54, 1.807) is 11.1 Å². The molecular weight excluding hydrogens is 410 g/mol. The molecule has 0 saturated heterocycles. The van der Waals surface area contributed by atoms with E-state index in [9.17, 15) is 0 Å². The first-order chi connectivity index (χ1) is 16.3. The van der Waals surface area contributed by atoms with Crippen LogP contribution in [0.3, 0.4) is 0 Å². The minimum atomic E-state index is 0.206. The fourth-order valence-electron chi connectivity index (χ4n) is 8.30. The average Bonchev–Trinajstić information content (AvgIpc) is 3.44. The lowest BCUT2D eigenvalue weighted by atomic mass is 9.69. The Bertz CT molecular complexity index is 1210. The predicted molar refractivity (Wildman–Crippen MR) is 144 cm³/mol. The van der Waals surface area contributed by atoms with Gasteiger partial charge in [0.05, 0.1) is 5.54 Å². The van der Waals surface area contributed by atoms with Gasteiger partial charge in [-0.15, -0.1) is 0 Å². The van der Waals surface area contributed by atoms with Crippen LogP contribution in [0.4, 0.5) is 11.4 Å². The Morgan fingerprint density at radius 3 is 2.00 bits per heavy atom. The Labute approximate surface area is 206 Å². The van der Waals surface area contributed by atoms with Crippen molar-refractivity contribution in [2.75, 3.05) is 4.90 Å². The zero-order chi connectivity index (χ0) is 23.6. The van der Waals surface area contributed by atoms with Crippen molar-refractivity contribution in [3.8, 4) is 0 Å². The van der Waals surface area contributed by atoms with Crippen LogP contribution < -0.4 is 4.90 Å². The molecule has 1 aliphatic heterocycles. The second kappa shape index (κ2) is 7.48. The van der Waals surface area contributed by atoms with E-state index in [-0.39, 0.29) is 11.0 Å². The number of nitrogens with zero attached hydrogens (tertiary/aromatic N) is 1. The monoisotopic (exact) mass is 449 g/mol. The molecule has 2 saturated carbocycles. The molecule has 1 heteroatoms. The second-order valence-electron chi connectivity index (χ2n) is 12.2. The molecule has 3 aromatic carbocycles. The summed E-state index contributed by atoms with van der Waals surface area (Å²) >= 11 is 0. The highest BCUT2D eigenvalue weighted by Gasteiger charge is 2.59. The van der Waals surface area contributed by atoms with Crippen LogP contribution in [0, 0.1) is 5.41 Å². The molecule has 0 bridgehead atoms. The molecule has 1 heterocycles. The van der Waals surface area contributed by atoms with Crippen LogP contribution in [0.1, 0.15) is 82.9 Å². The third kappa shape index (κ3) is 2.79. The lowest BCUT2D eigenvalue weighted by molar-refractivity contribution is 0.224. The SMILES string of the molecule is CC12CCCC1(C)N(c1ccccc1)c1ccccc12.CC12CCCC1(C)c1ccccc1C2. The topological polar surface area (TPSA) is 3.24 Å². The van der Waals surface area contributed by atoms with Gasteiger partial charge in [0.15, 0.2) is 0 Å². The van der Waals surface area contributed by atoms with Crippen LogP contribution in [-0.2, 0) is 17.3 Å². The van der Waals surface area contributed by atoms with Crippen LogP contribution in [0.15, 0.2) is 78.9 Å². The minimum absolute atomic E-state index is 0.206. The Balaban J connectivity index is 0.000000136. The second-order valence-corrected chi connectivity index (χ2v) is 12.2. The highest BCUT2D eigenvalue weighted by atomic mass is 15.3. The summed E-state index contributed by atoms with van der Waals surface area (Å²) in [4.78, 5) is 2.59. The summed E-state index contributed by atoms with van der Waals surface area (Å²) in [5.41, 5.74) is 9.02. The van der Waals surface area contributed by atoms with Crippen molar-refractivity contribution in [1.29, 1.82) is 0 Å². The smallest absolute Gasteiger partial charge is 0.0517 e. The fraction of sp³-hybridized carbons (Fsp3) is 0.455. The van der Waals surface area contributed by atoms with Gasteiger partial charge in [0.2, 0.25) is 0 Å². The maximum atomic E-state index is 2.59. The highest BCUT2D eigenvalue weighted by molar-refractivity contribution is 5.76. The third-order valence-electron chi connectivity index (χ3n) is 10.7. The van der Waals surface area contributed by atoms with E-state index in [1.807, 2.05) is 0 Å². The van der Waals surface area contributed by atoms with Crippen molar-refractivity contribution in [2.24, 2.45) is 5.41 Å². The number of rotatable bonds is 1. The van der Waals surface area contributed by atoms with Crippen molar-refractivity contribution in [3.63, 3.8) is 0 Å². The van der Waals surface area contributed by atoms with Gasteiger partial charge in [0.25, 0.3) is 0 Å². The van der Waals surface area contributed by atoms with Crippen molar-refractivity contribution in [2.45, 2.75) is 89.0 Å². The minimum Gasteiger partial charge on any atom is -0.334 e. The molecule has 3 aromatic rings. The van der Waals surface area contributed by atoms with Gasteiger partial charge in [0.1, 0.15) is 0 Å². The molecule has 2 fully saturated rings. The molecular formula is C33H39N. The lowest BCUT2D eigenvalue weighted by Gasteiger charge is -2.42. The van der Waals surface area contributed by atoms with E-state index in [1.165, 1.54) is 61.9 Å². The first kappa shape index (κ1) is 22.0. The van der Waals surface area contributed by atoms with Crippen LogP contribution in [0.5, 0.6) is 0 Å². The maximum Gasteiger partial charge on any atom is 0.0517 e. The van der Waals surface area contributed by atoms with Crippen molar-refractivity contribution in [1.82, 2.24) is 0 Å². The molecule has 0 N–H and O–H groups in total. The van der Waals surface area contributed by atoms with Gasteiger partial charge in [-0.25, -0.2) is 0 Å².